The molecule has 2 rings (SSSR count). The molecule has 2 aliphatic carbocycles. The van der Waals surface area contributed by atoms with Gasteiger partial charge in [0, 0.05) is 19.4 Å². The van der Waals surface area contributed by atoms with Crippen LogP contribution in [0.5, 0.6) is 0 Å². The minimum Gasteiger partial charge on any atom is -0.316 e. The Labute approximate surface area is 112 Å². The number of hydrogen-bond acceptors (Lipinski definition) is 2. The predicted octanol–water partition coefficient (Wildman–Crippen LogP) is 3.55. The van der Waals surface area contributed by atoms with E-state index in [0.29, 0.717) is 11.2 Å². The molecule has 0 aromatic rings. The van der Waals surface area contributed by atoms with Gasteiger partial charge in [-0.3, -0.25) is 4.79 Å². The molecule has 0 bridgehead atoms. The molecule has 2 heteroatoms. The molecule has 2 aliphatic rings. The monoisotopic (exact) mass is 251 g/mol. The molecule has 2 fully saturated rings. The summed E-state index contributed by atoms with van der Waals surface area (Å²) in [5, 5.41) is 3.68. The SMILES string of the molecule is CC(C)(CNCC1CCC(=O)CC1)C1CCCC1. The Morgan fingerprint density at radius 3 is 2.33 bits per heavy atom. The van der Waals surface area contributed by atoms with Crippen LogP contribution in [0.25, 0.3) is 0 Å². The van der Waals surface area contributed by atoms with E-state index in [4.69, 9.17) is 0 Å². The van der Waals surface area contributed by atoms with E-state index >= 15 is 0 Å². The molecule has 0 aliphatic heterocycles. The maximum Gasteiger partial charge on any atom is 0.132 e. The van der Waals surface area contributed by atoms with Gasteiger partial charge in [-0.2, -0.15) is 0 Å². The standard InChI is InChI=1S/C16H29NO/c1-16(2,14-5-3-4-6-14)12-17-11-13-7-9-15(18)10-8-13/h13-14,17H,3-12H2,1-2H3. The molecule has 2 nitrogen and oxygen atoms in total. The Hall–Kier alpha value is -0.370. The topological polar surface area (TPSA) is 29.1 Å². The number of carbonyl (C=O) groups is 1. The van der Waals surface area contributed by atoms with Crippen LogP contribution in [0.2, 0.25) is 0 Å². The Balaban J connectivity index is 1.66. The summed E-state index contributed by atoms with van der Waals surface area (Å²) >= 11 is 0. The number of Topliss-reactive ketones (excluding diaryl/α,β-unsaturated/α-hetero) is 1. The molecule has 0 atom stereocenters. The van der Waals surface area contributed by atoms with Gasteiger partial charge in [0.1, 0.15) is 5.78 Å². The van der Waals surface area contributed by atoms with Gasteiger partial charge in [-0.1, -0.05) is 26.7 Å². The van der Waals surface area contributed by atoms with Crippen LogP contribution >= 0.6 is 0 Å². The fraction of sp³-hybridized carbons (Fsp3) is 0.938. The third-order valence-corrected chi connectivity index (χ3v) is 5.14. The smallest absolute Gasteiger partial charge is 0.132 e. The molecule has 0 amide bonds. The van der Waals surface area contributed by atoms with Crippen molar-refractivity contribution in [3.63, 3.8) is 0 Å². The first kappa shape index (κ1) is 14.0. The Morgan fingerprint density at radius 2 is 1.72 bits per heavy atom. The lowest BCUT2D eigenvalue weighted by molar-refractivity contribution is -0.120. The molecular formula is C16H29NO. The summed E-state index contributed by atoms with van der Waals surface area (Å²) in [6.45, 7) is 7.09. The molecule has 0 radical (unpaired) electrons. The third-order valence-electron chi connectivity index (χ3n) is 5.14. The fourth-order valence-electron chi connectivity index (χ4n) is 3.65. The van der Waals surface area contributed by atoms with Crippen LogP contribution in [0.3, 0.4) is 0 Å². The van der Waals surface area contributed by atoms with Crippen molar-refractivity contribution in [2.24, 2.45) is 17.3 Å². The van der Waals surface area contributed by atoms with Crippen LogP contribution in [0.15, 0.2) is 0 Å². The summed E-state index contributed by atoms with van der Waals surface area (Å²) in [6, 6.07) is 0. The molecule has 0 aromatic heterocycles. The molecule has 0 unspecified atom stereocenters. The van der Waals surface area contributed by atoms with Gasteiger partial charge in [0.2, 0.25) is 0 Å². The first-order valence-corrected chi connectivity index (χ1v) is 7.80. The molecule has 18 heavy (non-hydrogen) atoms. The van der Waals surface area contributed by atoms with Crippen LogP contribution in [0.1, 0.15) is 65.2 Å². The molecule has 1 N–H and O–H groups in total. The minimum atomic E-state index is 0.445. The summed E-state index contributed by atoms with van der Waals surface area (Å²) in [6.07, 6.45) is 9.55. The van der Waals surface area contributed by atoms with Crippen LogP contribution in [-0.4, -0.2) is 18.9 Å². The molecule has 0 heterocycles. The molecule has 0 spiro atoms. The highest BCUT2D eigenvalue weighted by molar-refractivity contribution is 5.79. The fourth-order valence-corrected chi connectivity index (χ4v) is 3.65. The van der Waals surface area contributed by atoms with E-state index in [1.54, 1.807) is 0 Å². The van der Waals surface area contributed by atoms with E-state index in [0.717, 1.165) is 50.6 Å². The molecule has 0 saturated heterocycles. The Kier molecular flexibility index (Phi) is 4.83. The lowest BCUT2D eigenvalue weighted by atomic mass is 9.77. The van der Waals surface area contributed by atoms with Crippen molar-refractivity contribution in [3.8, 4) is 0 Å². The summed E-state index contributed by atoms with van der Waals surface area (Å²) in [5.41, 5.74) is 0.445. The number of ketones is 1. The van der Waals surface area contributed by atoms with Crippen LogP contribution in [0, 0.1) is 17.3 Å². The minimum absolute atomic E-state index is 0.445. The third kappa shape index (κ3) is 3.81. The van der Waals surface area contributed by atoms with Crippen molar-refractivity contribution in [1.29, 1.82) is 0 Å². The lowest BCUT2D eigenvalue weighted by Gasteiger charge is -2.33. The van der Waals surface area contributed by atoms with E-state index in [1.807, 2.05) is 0 Å². The second kappa shape index (κ2) is 6.18. The van der Waals surface area contributed by atoms with Gasteiger partial charge >= 0.3 is 0 Å². The normalized spacial score (nSPS) is 23.8. The quantitative estimate of drug-likeness (QED) is 0.809. The van der Waals surface area contributed by atoms with Crippen molar-refractivity contribution in [3.05, 3.63) is 0 Å². The second-order valence-electron chi connectivity index (χ2n) is 7.08. The highest BCUT2D eigenvalue weighted by Gasteiger charge is 2.31. The highest BCUT2D eigenvalue weighted by Crippen LogP contribution is 2.39. The lowest BCUT2D eigenvalue weighted by Crippen LogP contribution is -2.37. The summed E-state index contributed by atoms with van der Waals surface area (Å²) in [7, 11) is 0. The van der Waals surface area contributed by atoms with Gasteiger partial charge in [-0.25, -0.2) is 0 Å². The molecule has 2 saturated carbocycles. The first-order valence-electron chi connectivity index (χ1n) is 7.80. The van der Waals surface area contributed by atoms with E-state index in [1.165, 1.54) is 25.7 Å². The van der Waals surface area contributed by atoms with Crippen LogP contribution in [0.4, 0.5) is 0 Å². The average molecular weight is 251 g/mol. The summed E-state index contributed by atoms with van der Waals surface area (Å²) in [5.74, 6) is 2.12. The highest BCUT2D eigenvalue weighted by atomic mass is 16.1. The van der Waals surface area contributed by atoms with E-state index in [-0.39, 0.29) is 0 Å². The van der Waals surface area contributed by atoms with Gasteiger partial charge in [0.05, 0.1) is 0 Å². The predicted molar refractivity (Wildman–Crippen MR) is 75.6 cm³/mol. The maximum atomic E-state index is 11.2. The van der Waals surface area contributed by atoms with Gasteiger partial charge in [-0.15, -0.1) is 0 Å². The zero-order valence-electron chi connectivity index (χ0n) is 12.1. The maximum absolute atomic E-state index is 11.2. The number of hydrogen-bond donors (Lipinski definition) is 1. The van der Waals surface area contributed by atoms with Gasteiger partial charge in [0.25, 0.3) is 0 Å². The number of carbonyl (C=O) groups excluding carboxylic acids is 1. The van der Waals surface area contributed by atoms with Gasteiger partial charge in [0.15, 0.2) is 0 Å². The first-order chi connectivity index (χ1) is 8.58. The largest absolute Gasteiger partial charge is 0.316 e. The second-order valence-corrected chi connectivity index (χ2v) is 7.08. The van der Waals surface area contributed by atoms with E-state index in [2.05, 4.69) is 19.2 Å². The number of rotatable bonds is 5. The van der Waals surface area contributed by atoms with Gasteiger partial charge in [-0.05, 0) is 49.5 Å². The zero-order chi connectivity index (χ0) is 13.0. The van der Waals surface area contributed by atoms with Crippen LogP contribution in [-0.2, 0) is 4.79 Å². The van der Waals surface area contributed by atoms with Crippen molar-refractivity contribution < 1.29 is 4.79 Å². The van der Waals surface area contributed by atoms with Crippen molar-refractivity contribution in [1.82, 2.24) is 5.32 Å². The molecular weight excluding hydrogens is 222 g/mol. The summed E-state index contributed by atoms with van der Waals surface area (Å²) < 4.78 is 0. The van der Waals surface area contributed by atoms with E-state index < -0.39 is 0 Å². The summed E-state index contributed by atoms with van der Waals surface area (Å²) in [4.78, 5) is 11.2. The zero-order valence-corrected chi connectivity index (χ0v) is 12.1. The Bertz CT molecular complexity index is 269. The van der Waals surface area contributed by atoms with Crippen molar-refractivity contribution >= 4 is 5.78 Å². The van der Waals surface area contributed by atoms with Crippen molar-refractivity contribution in [2.45, 2.75) is 65.2 Å². The Morgan fingerprint density at radius 1 is 1.11 bits per heavy atom. The number of nitrogens with one attached hydrogen (secondary N) is 1. The van der Waals surface area contributed by atoms with Crippen molar-refractivity contribution in [2.75, 3.05) is 13.1 Å². The van der Waals surface area contributed by atoms with Crippen LogP contribution < -0.4 is 5.32 Å². The molecule has 104 valence electrons. The molecule has 0 aromatic carbocycles. The average Bonchev–Trinajstić information content (AvgIpc) is 2.86. The van der Waals surface area contributed by atoms with Gasteiger partial charge < -0.3 is 5.32 Å². The van der Waals surface area contributed by atoms with E-state index in [9.17, 15) is 4.79 Å².